The summed E-state index contributed by atoms with van der Waals surface area (Å²) in [6.07, 6.45) is 2.33. The molecule has 17 heavy (non-hydrogen) atoms. The van der Waals surface area contributed by atoms with E-state index in [4.69, 9.17) is 0 Å². The second-order valence-corrected chi connectivity index (χ2v) is 6.10. The minimum atomic E-state index is -0.0436. The molecule has 0 amide bonds. The van der Waals surface area contributed by atoms with Crippen LogP contribution in [0.2, 0.25) is 0 Å². The number of hydrogen-bond acceptors (Lipinski definition) is 1. The summed E-state index contributed by atoms with van der Waals surface area (Å²) >= 11 is 0. The Morgan fingerprint density at radius 2 is 1.94 bits per heavy atom. The lowest BCUT2D eigenvalue weighted by molar-refractivity contribution is 0.221. The summed E-state index contributed by atoms with van der Waals surface area (Å²) in [4.78, 5) is 0. The fourth-order valence-electron chi connectivity index (χ4n) is 2.44. The van der Waals surface area contributed by atoms with Crippen molar-refractivity contribution in [2.75, 3.05) is 6.54 Å². The summed E-state index contributed by atoms with van der Waals surface area (Å²) in [7, 11) is 0. The molecule has 1 aliphatic carbocycles. The van der Waals surface area contributed by atoms with Gasteiger partial charge in [-0.3, -0.25) is 0 Å². The second kappa shape index (κ2) is 4.77. The smallest absolute Gasteiger partial charge is 0.126 e. The van der Waals surface area contributed by atoms with Crippen molar-refractivity contribution in [2.24, 2.45) is 5.92 Å². The Bertz CT molecular complexity index is 381. The van der Waals surface area contributed by atoms with E-state index < -0.39 is 0 Å². The molecule has 0 aromatic heterocycles. The van der Waals surface area contributed by atoms with E-state index in [1.807, 2.05) is 12.1 Å². The van der Waals surface area contributed by atoms with Crippen molar-refractivity contribution < 1.29 is 4.39 Å². The van der Waals surface area contributed by atoms with E-state index in [0.717, 1.165) is 18.5 Å². The minimum Gasteiger partial charge on any atom is -0.312 e. The molecule has 0 radical (unpaired) electrons. The summed E-state index contributed by atoms with van der Waals surface area (Å²) < 4.78 is 13.7. The number of benzene rings is 1. The van der Waals surface area contributed by atoms with Crippen molar-refractivity contribution in [2.45, 2.75) is 45.1 Å². The quantitative estimate of drug-likeness (QED) is 0.842. The van der Waals surface area contributed by atoms with Gasteiger partial charge < -0.3 is 5.32 Å². The Labute approximate surface area is 103 Å². The number of nitrogens with one attached hydrogen (secondary N) is 1. The molecular formula is C15H22FN. The van der Waals surface area contributed by atoms with Gasteiger partial charge >= 0.3 is 0 Å². The van der Waals surface area contributed by atoms with E-state index >= 15 is 0 Å². The van der Waals surface area contributed by atoms with Gasteiger partial charge in [0, 0.05) is 5.54 Å². The van der Waals surface area contributed by atoms with Crippen molar-refractivity contribution >= 4 is 0 Å². The highest BCUT2D eigenvalue weighted by molar-refractivity contribution is 5.24. The van der Waals surface area contributed by atoms with E-state index in [-0.39, 0.29) is 11.4 Å². The Balaban J connectivity index is 1.97. The minimum absolute atomic E-state index is 0.0436. The van der Waals surface area contributed by atoms with Crippen LogP contribution < -0.4 is 5.32 Å². The Kier molecular flexibility index (Phi) is 3.53. The van der Waals surface area contributed by atoms with Crippen LogP contribution in [0.15, 0.2) is 24.3 Å². The summed E-state index contributed by atoms with van der Waals surface area (Å²) in [6.45, 7) is 7.50. The Morgan fingerprint density at radius 1 is 1.24 bits per heavy atom. The standard InChI is InChI=1S/C15H22FN/c1-15(2,3)17-10-11-8-9-12(11)13-6-4-5-7-14(13)16/h4-7,11-12,17H,8-10H2,1-3H3. The van der Waals surface area contributed by atoms with Crippen molar-refractivity contribution in [3.63, 3.8) is 0 Å². The molecule has 1 aromatic carbocycles. The molecule has 2 rings (SSSR count). The molecule has 1 nitrogen and oxygen atoms in total. The normalized spacial score (nSPS) is 24.5. The first-order chi connectivity index (χ1) is 7.97. The van der Waals surface area contributed by atoms with Gasteiger partial charge in [-0.1, -0.05) is 18.2 Å². The Morgan fingerprint density at radius 3 is 2.47 bits per heavy atom. The van der Waals surface area contributed by atoms with Crippen LogP contribution in [0.25, 0.3) is 0 Å². The fraction of sp³-hybridized carbons (Fsp3) is 0.600. The molecule has 94 valence electrons. The molecule has 0 aliphatic heterocycles. The highest BCUT2D eigenvalue weighted by atomic mass is 19.1. The molecule has 2 heteroatoms. The second-order valence-electron chi connectivity index (χ2n) is 6.10. The number of halogens is 1. The van der Waals surface area contributed by atoms with Gasteiger partial charge in [-0.15, -0.1) is 0 Å². The van der Waals surface area contributed by atoms with Crippen molar-refractivity contribution in [3.05, 3.63) is 35.6 Å². The molecule has 1 N–H and O–H groups in total. The van der Waals surface area contributed by atoms with Gasteiger partial charge in [0.05, 0.1) is 0 Å². The molecule has 0 spiro atoms. The molecule has 0 bridgehead atoms. The van der Waals surface area contributed by atoms with E-state index in [2.05, 4.69) is 26.1 Å². The third-order valence-electron chi connectivity index (χ3n) is 3.62. The van der Waals surface area contributed by atoms with Crippen LogP contribution in [0.4, 0.5) is 4.39 Å². The van der Waals surface area contributed by atoms with Crippen LogP contribution in [0.3, 0.4) is 0 Å². The van der Waals surface area contributed by atoms with Crippen LogP contribution in [0.1, 0.15) is 45.1 Å². The van der Waals surface area contributed by atoms with Gasteiger partial charge in [-0.2, -0.15) is 0 Å². The average molecular weight is 235 g/mol. The van der Waals surface area contributed by atoms with E-state index in [1.165, 1.54) is 6.42 Å². The van der Waals surface area contributed by atoms with Crippen LogP contribution in [0.5, 0.6) is 0 Å². The summed E-state index contributed by atoms with van der Waals surface area (Å²) in [5.41, 5.74) is 1.05. The van der Waals surface area contributed by atoms with Crippen molar-refractivity contribution in [1.82, 2.24) is 5.32 Å². The van der Waals surface area contributed by atoms with Crippen LogP contribution in [-0.4, -0.2) is 12.1 Å². The maximum Gasteiger partial charge on any atom is 0.126 e. The van der Waals surface area contributed by atoms with E-state index in [0.29, 0.717) is 11.8 Å². The van der Waals surface area contributed by atoms with Gasteiger partial charge in [-0.05, 0) is 63.6 Å². The first-order valence-corrected chi connectivity index (χ1v) is 6.47. The zero-order valence-corrected chi connectivity index (χ0v) is 11.0. The van der Waals surface area contributed by atoms with E-state index in [9.17, 15) is 4.39 Å². The molecule has 2 atom stereocenters. The van der Waals surface area contributed by atoms with E-state index in [1.54, 1.807) is 12.1 Å². The molecule has 1 aromatic rings. The maximum atomic E-state index is 13.7. The van der Waals surface area contributed by atoms with Gasteiger partial charge in [-0.25, -0.2) is 4.39 Å². The monoisotopic (exact) mass is 235 g/mol. The average Bonchev–Trinajstić information content (AvgIpc) is 2.18. The SMILES string of the molecule is CC(C)(C)NCC1CCC1c1ccccc1F. The molecule has 1 aliphatic rings. The summed E-state index contributed by atoms with van der Waals surface area (Å²) in [5.74, 6) is 0.954. The third-order valence-corrected chi connectivity index (χ3v) is 3.62. The van der Waals surface area contributed by atoms with Crippen LogP contribution >= 0.6 is 0 Å². The molecule has 2 unspecified atom stereocenters. The zero-order chi connectivity index (χ0) is 12.5. The highest BCUT2D eigenvalue weighted by Gasteiger charge is 2.33. The number of rotatable bonds is 3. The lowest BCUT2D eigenvalue weighted by atomic mass is 9.69. The van der Waals surface area contributed by atoms with Crippen molar-refractivity contribution in [3.8, 4) is 0 Å². The molecule has 0 heterocycles. The summed E-state index contributed by atoms with van der Waals surface area (Å²) in [6, 6.07) is 7.20. The van der Waals surface area contributed by atoms with Gasteiger partial charge in [0.15, 0.2) is 0 Å². The van der Waals surface area contributed by atoms with Gasteiger partial charge in [0.25, 0.3) is 0 Å². The maximum absolute atomic E-state index is 13.7. The zero-order valence-electron chi connectivity index (χ0n) is 11.0. The van der Waals surface area contributed by atoms with Crippen LogP contribution in [0, 0.1) is 11.7 Å². The lowest BCUT2D eigenvalue weighted by Gasteiger charge is -2.39. The number of hydrogen-bond donors (Lipinski definition) is 1. The molecular weight excluding hydrogens is 213 g/mol. The largest absolute Gasteiger partial charge is 0.312 e. The molecule has 0 saturated heterocycles. The van der Waals surface area contributed by atoms with Crippen molar-refractivity contribution in [1.29, 1.82) is 0 Å². The predicted molar refractivity (Wildman–Crippen MR) is 69.6 cm³/mol. The summed E-state index contributed by atoms with van der Waals surface area (Å²) in [5, 5.41) is 3.52. The lowest BCUT2D eigenvalue weighted by Crippen LogP contribution is -2.43. The first kappa shape index (κ1) is 12.6. The molecule has 1 fully saturated rings. The predicted octanol–water partition coefficient (Wildman–Crippen LogP) is 3.71. The Hall–Kier alpha value is -0.890. The van der Waals surface area contributed by atoms with Gasteiger partial charge in [0.1, 0.15) is 5.82 Å². The van der Waals surface area contributed by atoms with Crippen LogP contribution in [-0.2, 0) is 0 Å². The highest BCUT2D eigenvalue weighted by Crippen LogP contribution is 2.43. The third kappa shape index (κ3) is 3.06. The van der Waals surface area contributed by atoms with Gasteiger partial charge in [0.2, 0.25) is 0 Å². The fourth-order valence-corrected chi connectivity index (χ4v) is 2.44. The topological polar surface area (TPSA) is 12.0 Å². The first-order valence-electron chi connectivity index (χ1n) is 6.47. The molecule has 1 saturated carbocycles.